The third-order valence-corrected chi connectivity index (χ3v) is 3.90. The minimum Gasteiger partial charge on any atom is -0.335 e. The first-order valence-corrected chi connectivity index (χ1v) is 7.51. The number of carbonyl (C=O) groups is 2. The molecule has 124 valence electrons. The number of hydrogen-bond acceptors (Lipinski definition) is 3. The average Bonchev–Trinajstić information content (AvgIpc) is 2.63. The number of pyridine rings is 1. The van der Waals surface area contributed by atoms with E-state index in [0.29, 0.717) is 18.8 Å². The zero-order valence-electron chi connectivity index (χ0n) is 12.8. The minimum atomic E-state index is -0.756. The molecule has 24 heavy (non-hydrogen) atoms. The molecule has 1 aromatic heterocycles. The van der Waals surface area contributed by atoms with Crippen molar-refractivity contribution in [3.63, 3.8) is 0 Å². The summed E-state index contributed by atoms with van der Waals surface area (Å²) in [6.45, 7) is 1.15. The highest BCUT2D eigenvalue weighted by molar-refractivity contribution is 5.95. The van der Waals surface area contributed by atoms with Crippen molar-refractivity contribution in [2.75, 3.05) is 26.2 Å². The molecule has 0 saturated carbocycles. The number of amides is 2. The summed E-state index contributed by atoms with van der Waals surface area (Å²) in [6.07, 6.45) is 1.54. The van der Waals surface area contributed by atoms with Gasteiger partial charge in [0.15, 0.2) is 0 Å². The lowest BCUT2D eigenvalue weighted by Crippen LogP contribution is -2.50. The predicted octanol–water partition coefficient (Wildman–Crippen LogP) is 1.96. The Kier molecular flexibility index (Phi) is 4.50. The Balaban J connectivity index is 1.66. The van der Waals surface area contributed by atoms with E-state index in [1.54, 1.807) is 29.3 Å². The number of rotatable bonds is 2. The summed E-state index contributed by atoms with van der Waals surface area (Å²) in [5.41, 5.74) is 0.0490. The summed E-state index contributed by atoms with van der Waals surface area (Å²) in [5, 5.41) is 0. The SMILES string of the molecule is O=C(c1ccccn1)N1CCN(C(=O)c2cc(F)ccc2F)CC1. The molecule has 1 saturated heterocycles. The van der Waals surface area contributed by atoms with Gasteiger partial charge >= 0.3 is 0 Å². The lowest BCUT2D eigenvalue weighted by Gasteiger charge is -2.34. The summed E-state index contributed by atoms with van der Waals surface area (Å²) in [5.74, 6) is -2.20. The second-order valence-corrected chi connectivity index (χ2v) is 5.42. The highest BCUT2D eigenvalue weighted by Gasteiger charge is 2.27. The Bertz CT molecular complexity index is 760. The van der Waals surface area contributed by atoms with Gasteiger partial charge in [0.25, 0.3) is 11.8 Å². The molecule has 3 rings (SSSR count). The Morgan fingerprint density at radius 3 is 2.21 bits per heavy atom. The maximum absolute atomic E-state index is 13.7. The standard InChI is InChI=1S/C17H15F2N3O2/c18-12-4-5-14(19)13(11-12)16(23)21-7-9-22(10-8-21)17(24)15-3-1-2-6-20-15/h1-6,11H,7-10H2. The maximum atomic E-state index is 13.7. The van der Waals surface area contributed by atoms with E-state index in [2.05, 4.69) is 4.98 Å². The maximum Gasteiger partial charge on any atom is 0.272 e. The summed E-state index contributed by atoms with van der Waals surface area (Å²) < 4.78 is 26.9. The van der Waals surface area contributed by atoms with Gasteiger partial charge in [0.2, 0.25) is 0 Å². The molecule has 0 spiro atoms. The van der Waals surface area contributed by atoms with Crippen LogP contribution in [0.15, 0.2) is 42.6 Å². The molecule has 1 aliphatic rings. The van der Waals surface area contributed by atoms with E-state index in [4.69, 9.17) is 0 Å². The van der Waals surface area contributed by atoms with E-state index in [-0.39, 0.29) is 24.6 Å². The van der Waals surface area contributed by atoms with E-state index < -0.39 is 17.5 Å². The smallest absolute Gasteiger partial charge is 0.272 e. The summed E-state index contributed by atoms with van der Waals surface area (Å²) in [6, 6.07) is 7.87. The van der Waals surface area contributed by atoms with Gasteiger partial charge in [0, 0.05) is 32.4 Å². The van der Waals surface area contributed by atoms with Crippen molar-refractivity contribution in [2.24, 2.45) is 0 Å². The van der Waals surface area contributed by atoms with E-state index in [1.165, 1.54) is 4.90 Å². The van der Waals surface area contributed by atoms with Crippen molar-refractivity contribution in [1.82, 2.24) is 14.8 Å². The normalized spacial score (nSPS) is 14.6. The number of carbonyl (C=O) groups excluding carboxylic acids is 2. The minimum absolute atomic E-state index is 0.209. The zero-order valence-corrected chi connectivity index (χ0v) is 12.8. The Labute approximate surface area is 137 Å². The molecule has 0 N–H and O–H groups in total. The van der Waals surface area contributed by atoms with Gasteiger partial charge < -0.3 is 9.80 Å². The van der Waals surface area contributed by atoms with Crippen LogP contribution in [0.5, 0.6) is 0 Å². The van der Waals surface area contributed by atoms with E-state index in [0.717, 1.165) is 18.2 Å². The number of halogens is 2. The fraction of sp³-hybridized carbons (Fsp3) is 0.235. The summed E-state index contributed by atoms with van der Waals surface area (Å²) in [7, 11) is 0. The number of piperazine rings is 1. The second kappa shape index (κ2) is 6.74. The molecule has 2 amide bonds. The van der Waals surface area contributed by atoms with Crippen LogP contribution in [0.2, 0.25) is 0 Å². The molecule has 0 unspecified atom stereocenters. The van der Waals surface area contributed by atoms with Crippen molar-refractivity contribution in [3.8, 4) is 0 Å². The molecule has 1 aromatic carbocycles. The van der Waals surface area contributed by atoms with Crippen molar-refractivity contribution in [3.05, 3.63) is 65.5 Å². The summed E-state index contributed by atoms with van der Waals surface area (Å²) >= 11 is 0. The van der Waals surface area contributed by atoms with Gasteiger partial charge in [-0.2, -0.15) is 0 Å². The van der Waals surface area contributed by atoms with Crippen LogP contribution in [-0.4, -0.2) is 52.8 Å². The first kappa shape index (κ1) is 16.0. The van der Waals surface area contributed by atoms with Crippen molar-refractivity contribution in [2.45, 2.75) is 0 Å². The zero-order chi connectivity index (χ0) is 17.1. The van der Waals surface area contributed by atoms with Crippen LogP contribution in [0.3, 0.4) is 0 Å². The number of hydrogen-bond donors (Lipinski definition) is 0. The average molecular weight is 331 g/mol. The van der Waals surface area contributed by atoms with E-state index >= 15 is 0 Å². The first-order chi connectivity index (χ1) is 11.6. The molecule has 0 aliphatic carbocycles. The molecule has 2 aromatic rings. The highest BCUT2D eigenvalue weighted by Crippen LogP contribution is 2.15. The Hall–Kier alpha value is -2.83. The van der Waals surface area contributed by atoms with Crippen LogP contribution < -0.4 is 0 Å². The molecule has 1 fully saturated rings. The number of nitrogens with zero attached hydrogens (tertiary/aromatic N) is 3. The molecule has 7 heteroatoms. The molecule has 0 bridgehead atoms. The van der Waals surface area contributed by atoms with Crippen LogP contribution in [0, 0.1) is 11.6 Å². The largest absolute Gasteiger partial charge is 0.335 e. The van der Waals surface area contributed by atoms with Crippen molar-refractivity contribution >= 4 is 11.8 Å². The quantitative estimate of drug-likeness (QED) is 0.845. The predicted molar refractivity (Wildman–Crippen MR) is 82.4 cm³/mol. The van der Waals surface area contributed by atoms with Crippen LogP contribution in [0.4, 0.5) is 8.78 Å². The Morgan fingerprint density at radius 2 is 1.58 bits per heavy atom. The molecule has 0 atom stereocenters. The topological polar surface area (TPSA) is 53.5 Å². The molecule has 0 radical (unpaired) electrons. The molecular formula is C17H15F2N3O2. The van der Waals surface area contributed by atoms with Gasteiger partial charge in [-0.05, 0) is 30.3 Å². The van der Waals surface area contributed by atoms with Crippen LogP contribution >= 0.6 is 0 Å². The number of benzene rings is 1. The van der Waals surface area contributed by atoms with Gasteiger partial charge in [-0.15, -0.1) is 0 Å². The third-order valence-electron chi connectivity index (χ3n) is 3.90. The van der Waals surface area contributed by atoms with Gasteiger partial charge in [-0.3, -0.25) is 14.6 Å². The van der Waals surface area contributed by atoms with E-state index in [1.807, 2.05) is 0 Å². The third kappa shape index (κ3) is 3.24. The molecule has 2 heterocycles. The Morgan fingerprint density at radius 1 is 0.917 bits per heavy atom. The van der Waals surface area contributed by atoms with Crippen molar-refractivity contribution in [1.29, 1.82) is 0 Å². The van der Waals surface area contributed by atoms with Crippen LogP contribution in [0.25, 0.3) is 0 Å². The van der Waals surface area contributed by atoms with Crippen molar-refractivity contribution < 1.29 is 18.4 Å². The highest BCUT2D eigenvalue weighted by atomic mass is 19.1. The van der Waals surface area contributed by atoms with Gasteiger partial charge in [-0.1, -0.05) is 6.07 Å². The fourth-order valence-corrected chi connectivity index (χ4v) is 2.60. The lowest BCUT2D eigenvalue weighted by atomic mass is 10.1. The van der Waals surface area contributed by atoms with Crippen LogP contribution in [-0.2, 0) is 0 Å². The summed E-state index contributed by atoms with van der Waals surface area (Å²) in [4.78, 5) is 31.6. The fourth-order valence-electron chi connectivity index (χ4n) is 2.60. The molecule has 1 aliphatic heterocycles. The van der Waals surface area contributed by atoms with Crippen LogP contribution in [0.1, 0.15) is 20.8 Å². The van der Waals surface area contributed by atoms with Gasteiger partial charge in [0.05, 0.1) is 5.56 Å². The monoisotopic (exact) mass is 331 g/mol. The lowest BCUT2D eigenvalue weighted by molar-refractivity contribution is 0.0529. The molecular weight excluding hydrogens is 316 g/mol. The molecule has 5 nitrogen and oxygen atoms in total. The van der Waals surface area contributed by atoms with Gasteiger partial charge in [0.1, 0.15) is 17.3 Å². The van der Waals surface area contributed by atoms with Gasteiger partial charge in [-0.25, -0.2) is 8.78 Å². The number of aromatic nitrogens is 1. The van der Waals surface area contributed by atoms with E-state index in [9.17, 15) is 18.4 Å². The first-order valence-electron chi connectivity index (χ1n) is 7.51. The second-order valence-electron chi connectivity index (χ2n) is 5.42.